The zero-order valence-corrected chi connectivity index (χ0v) is 12.3. The van der Waals surface area contributed by atoms with Crippen molar-refractivity contribution in [1.82, 2.24) is 0 Å². The number of rotatable bonds is 3. The first-order valence-electron chi connectivity index (χ1n) is 6.48. The molecule has 6 nitrogen and oxygen atoms in total. The molecule has 0 bridgehead atoms. The third kappa shape index (κ3) is 2.00. The van der Waals surface area contributed by atoms with E-state index in [9.17, 15) is 9.90 Å². The molecule has 0 amide bonds. The first-order valence-corrected chi connectivity index (χ1v) is 6.48. The second-order valence-corrected chi connectivity index (χ2v) is 4.66. The van der Waals surface area contributed by atoms with Crippen LogP contribution in [-0.4, -0.2) is 26.4 Å². The Kier molecular flexibility index (Phi) is 3.29. The number of methoxy groups -OCH3 is 3. The molecule has 0 aliphatic carbocycles. The Hall–Kier alpha value is -2.89. The van der Waals surface area contributed by atoms with Gasteiger partial charge in [0.2, 0.25) is 0 Å². The molecule has 114 valence electrons. The van der Waals surface area contributed by atoms with Crippen LogP contribution >= 0.6 is 0 Å². The molecule has 0 unspecified atom stereocenters. The second kappa shape index (κ2) is 5.14. The summed E-state index contributed by atoms with van der Waals surface area (Å²) in [5, 5.41) is 11.3. The Bertz CT molecular complexity index is 925. The first-order chi connectivity index (χ1) is 10.6. The predicted molar refractivity (Wildman–Crippen MR) is 81.3 cm³/mol. The van der Waals surface area contributed by atoms with Crippen LogP contribution in [0.2, 0.25) is 0 Å². The van der Waals surface area contributed by atoms with E-state index >= 15 is 0 Å². The Morgan fingerprint density at radius 1 is 0.909 bits per heavy atom. The molecule has 0 saturated carbocycles. The number of hydrogen-bond donors (Lipinski definition) is 1. The van der Waals surface area contributed by atoms with Gasteiger partial charge < -0.3 is 23.7 Å². The highest BCUT2D eigenvalue weighted by Crippen LogP contribution is 2.38. The van der Waals surface area contributed by atoms with Gasteiger partial charge in [0.05, 0.1) is 32.1 Å². The minimum atomic E-state index is -0.559. The van der Waals surface area contributed by atoms with Gasteiger partial charge in [-0.2, -0.15) is 0 Å². The molecule has 1 aromatic heterocycles. The lowest BCUT2D eigenvalue weighted by Gasteiger charge is -2.11. The molecule has 1 heterocycles. The number of fused-ring (bicyclic) bond motifs is 3. The third-order valence-corrected chi connectivity index (χ3v) is 3.51. The maximum absolute atomic E-state index is 12.1. The molecule has 0 fully saturated rings. The summed E-state index contributed by atoms with van der Waals surface area (Å²) in [4.78, 5) is 12.1. The molecule has 3 rings (SSSR count). The van der Waals surface area contributed by atoms with Gasteiger partial charge in [-0.3, -0.25) is 0 Å². The topological polar surface area (TPSA) is 78.1 Å². The summed E-state index contributed by atoms with van der Waals surface area (Å²) in [6, 6.07) is 6.21. The van der Waals surface area contributed by atoms with E-state index < -0.39 is 5.63 Å². The van der Waals surface area contributed by atoms with E-state index in [2.05, 4.69) is 0 Å². The molecule has 22 heavy (non-hydrogen) atoms. The van der Waals surface area contributed by atoms with Crippen LogP contribution in [0.15, 0.2) is 33.5 Å². The normalized spacial score (nSPS) is 10.9. The molecular weight excluding hydrogens is 288 g/mol. The van der Waals surface area contributed by atoms with Crippen molar-refractivity contribution in [2.45, 2.75) is 0 Å². The lowest BCUT2D eigenvalue weighted by Crippen LogP contribution is -2.01. The zero-order valence-electron chi connectivity index (χ0n) is 12.3. The van der Waals surface area contributed by atoms with E-state index in [0.717, 1.165) is 0 Å². The number of phenolic OH excluding ortho intramolecular Hbond substituents is 1. The highest BCUT2D eigenvalue weighted by Gasteiger charge is 2.16. The average molecular weight is 302 g/mol. The van der Waals surface area contributed by atoms with Gasteiger partial charge in [-0.25, -0.2) is 4.79 Å². The highest BCUT2D eigenvalue weighted by molar-refractivity contribution is 6.09. The Morgan fingerprint density at radius 3 is 2.27 bits per heavy atom. The van der Waals surface area contributed by atoms with Gasteiger partial charge in [0.1, 0.15) is 17.1 Å². The zero-order chi connectivity index (χ0) is 15.9. The third-order valence-electron chi connectivity index (χ3n) is 3.51. The Balaban J connectivity index is 2.55. The number of phenols is 1. The van der Waals surface area contributed by atoms with Gasteiger partial charge in [-0.15, -0.1) is 0 Å². The van der Waals surface area contributed by atoms with Gasteiger partial charge in [-0.05, 0) is 12.1 Å². The largest absolute Gasteiger partial charge is 0.504 e. The van der Waals surface area contributed by atoms with Crippen molar-refractivity contribution >= 4 is 21.7 Å². The molecule has 0 radical (unpaired) electrons. The molecule has 0 aliphatic heterocycles. The maximum Gasteiger partial charge on any atom is 0.344 e. The summed E-state index contributed by atoms with van der Waals surface area (Å²) < 4.78 is 21.0. The average Bonchev–Trinajstić information content (AvgIpc) is 2.53. The lowest BCUT2D eigenvalue weighted by molar-refractivity contribution is 0.374. The molecule has 0 saturated heterocycles. The summed E-state index contributed by atoms with van der Waals surface area (Å²) in [6.45, 7) is 0. The highest BCUT2D eigenvalue weighted by atomic mass is 16.5. The number of ether oxygens (including phenoxy) is 3. The van der Waals surface area contributed by atoms with Crippen molar-refractivity contribution in [3.8, 4) is 23.0 Å². The molecule has 6 heteroatoms. The molecular formula is C16H14O6. The van der Waals surface area contributed by atoms with Crippen LogP contribution in [0.3, 0.4) is 0 Å². The monoisotopic (exact) mass is 302 g/mol. The maximum atomic E-state index is 12.1. The van der Waals surface area contributed by atoms with Crippen LogP contribution in [0.4, 0.5) is 0 Å². The molecule has 1 N–H and O–H groups in total. The summed E-state index contributed by atoms with van der Waals surface area (Å²) >= 11 is 0. The van der Waals surface area contributed by atoms with E-state index in [1.165, 1.54) is 27.4 Å². The molecule has 3 aromatic rings. The van der Waals surface area contributed by atoms with Crippen molar-refractivity contribution in [2.75, 3.05) is 21.3 Å². The van der Waals surface area contributed by atoms with Crippen LogP contribution in [0.5, 0.6) is 23.0 Å². The number of hydrogen-bond acceptors (Lipinski definition) is 6. The van der Waals surface area contributed by atoms with E-state index in [-0.39, 0.29) is 16.9 Å². The van der Waals surface area contributed by atoms with Gasteiger partial charge >= 0.3 is 5.63 Å². The van der Waals surface area contributed by atoms with Gasteiger partial charge in [0, 0.05) is 17.5 Å². The van der Waals surface area contributed by atoms with Crippen LogP contribution in [0, 0.1) is 0 Å². The SMILES string of the molecule is COc1cc(OC)c2c(c1)oc(=O)c1cc(O)c(OC)cc12. The fraction of sp³-hybridized carbons (Fsp3) is 0.188. The fourth-order valence-electron chi connectivity index (χ4n) is 2.45. The molecule has 2 aromatic carbocycles. The smallest absolute Gasteiger partial charge is 0.344 e. The molecule has 0 spiro atoms. The van der Waals surface area contributed by atoms with Gasteiger partial charge in [-0.1, -0.05) is 0 Å². The Labute approximate surface area is 125 Å². The standard InChI is InChI=1S/C16H14O6/c1-19-8-4-13(21-3)15-9-7-12(20-2)11(17)6-10(9)16(18)22-14(15)5-8/h4-7,17H,1-3H3. The van der Waals surface area contributed by atoms with Gasteiger partial charge in [0.15, 0.2) is 11.5 Å². The minimum Gasteiger partial charge on any atom is -0.504 e. The number of benzene rings is 2. The predicted octanol–water partition coefficient (Wildman–Crippen LogP) is 2.68. The van der Waals surface area contributed by atoms with Crippen LogP contribution < -0.4 is 19.8 Å². The quantitative estimate of drug-likeness (QED) is 0.592. The van der Waals surface area contributed by atoms with Gasteiger partial charge in [0.25, 0.3) is 0 Å². The van der Waals surface area contributed by atoms with Crippen LogP contribution in [0.25, 0.3) is 21.7 Å². The molecule has 0 atom stereocenters. The van der Waals surface area contributed by atoms with Crippen LogP contribution in [0.1, 0.15) is 0 Å². The van der Waals surface area contributed by atoms with Crippen molar-refractivity contribution in [3.05, 3.63) is 34.7 Å². The lowest BCUT2D eigenvalue weighted by atomic mass is 10.1. The Morgan fingerprint density at radius 2 is 1.64 bits per heavy atom. The summed E-state index contributed by atoms with van der Waals surface area (Å²) in [7, 11) is 4.47. The van der Waals surface area contributed by atoms with E-state index in [0.29, 0.717) is 27.9 Å². The van der Waals surface area contributed by atoms with Crippen molar-refractivity contribution in [2.24, 2.45) is 0 Å². The first kappa shape index (κ1) is 14.1. The van der Waals surface area contributed by atoms with Crippen LogP contribution in [-0.2, 0) is 0 Å². The fourth-order valence-corrected chi connectivity index (χ4v) is 2.45. The summed E-state index contributed by atoms with van der Waals surface area (Å²) in [5.41, 5.74) is -0.225. The summed E-state index contributed by atoms with van der Waals surface area (Å²) in [6.07, 6.45) is 0. The minimum absolute atomic E-state index is 0.130. The number of aromatic hydroxyl groups is 1. The van der Waals surface area contributed by atoms with Crippen molar-refractivity contribution in [1.29, 1.82) is 0 Å². The summed E-state index contributed by atoms with van der Waals surface area (Å²) in [5.74, 6) is 1.14. The van der Waals surface area contributed by atoms with E-state index in [1.807, 2.05) is 0 Å². The van der Waals surface area contributed by atoms with E-state index in [1.54, 1.807) is 18.2 Å². The van der Waals surface area contributed by atoms with Crippen molar-refractivity contribution in [3.63, 3.8) is 0 Å². The van der Waals surface area contributed by atoms with E-state index in [4.69, 9.17) is 18.6 Å². The second-order valence-electron chi connectivity index (χ2n) is 4.66. The van der Waals surface area contributed by atoms with Crippen molar-refractivity contribution < 1.29 is 23.7 Å². The molecule has 0 aliphatic rings.